The van der Waals surface area contributed by atoms with Gasteiger partial charge in [-0.05, 0) is 23.4 Å². The number of rotatable bonds is 4. The molecule has 0 saturated heterocycles. The van der Waals surface area contributed by atoms with Crippen LogP contribution in [0.15, 0.2) is 41.8 Å². The monoisotopic (exact) mass is 298 g/mol. The number of carbonyl (C=O) groups is 1. The van der Waals surface area contributed by atoms with Crippen LogP contribution in [0.5, 0.6) is 0 Å². The number of benzene rings is 1. The van der Waals surface area contributed by atoms with Gasteiger partial charge in [0.15, 0.2) is 0 Å². The fourth-order valence-electron chi connectivity index (χ4n) is 1.94. The Morgan fingerprint density at radius 2 is 2.05 bits per heavy atom. The van der Waals surface area contributed by atoms with E-state index in [4.69, 9.17) is 5.73 Å². The topological polar surface area (TPSA) is 46.3 Å². The lowest BCUT2D eigenvalue weighted by Crippen LogP contribution is -2.28. The van der Waals surface area contributed by atoms with Crippen molar-refractivity contribution in [2.45, 2.75) is 6.42 Å². The normalized spacial score (nSPS) is 9.81. The van der Waals surface area contributed by atoms with Gasteiger partial charge in [-0.25, -0.2) is 0 Å². The molecule has 0 unspecified atom stereocenters. The Hall–Kier alpha value is -2.09. The van der Waals surface area contributed by atoms with Crippen LogP contribution in [-0.4, -0.2) is 30.9 Å². The lowest BCUT2D eigenvalue weighted by Gasteiger charge is -2.16. The minimum Gasteiger partial charge on any atom is -0.341 e. The summed E-state index contributed by atoms with van der Waals surface area (Å²) < 4.78 is 0. The van der Waals surface area contributed by atoms with E-state index >= 15 is 0 Å². The van der Waals surface area contributed by atoms with Gasteiger partial charge < -0.3 is 10.6 Å². The maximum Gasteiger partial charge on any atom is 0.264 e. The molecule has 1 heterocycles. The number of hydrogen-bond acceptors (Lipinski definition) is 3. The van der Waals surface area contributed by atoms with Gasteiger partial charge in [-0.1, -0.05) is 42.2 Å². The standard InChI is InChI=1S/C17H18N2OS/c1-19(12-9-14-6-3-2-4-7-14)17(20)16-15(8-5-11-18)10-13-21-16/h2-4,6-7,10,13H,9,11-12,18H2,1H3. The number of hydrogen-bond donors (Lipinski definition) is 1. The minimum atomic E-state index is 0.0160. The van der Waals surface area contributed by atoms with Crippen molar-refractivity contribution in [2.75, 3.05) is 20.1 Å². The second-order valence-corrected chi connectivity index (χ2v) is 5.55. The van der Waals surface area contributed by atoms with Gasteiger partial charge in [0.05, 0.1) is 6.54 Å². The lowest BCUT2D eigenvalue weighted by atomic mass is 10.1. The molecule has 0 fully saturated rings. The van der Waals surface area contributed by atoms with Gasteiger partial charge in [-0.2, -0.15) is 0 Å². The highest BCUT2D eigenvalue weighted by molar-refractivity contribution is 7.12. The largest absolute Gasteiger partial charge is 0.341 e. The molecule has 1 aromatic carbocycles. The van der Waals surface area contributed by atoms with Crippen molar-refractivity contribution >= 4 is 17.2 Å². The Balaban J connectivity index is 2.01. The lowest BCUT2D eigenvalue weighted by molar-refractivity contribution is 0.0801. The van der Waals surface area contributed by atoms with Crippen molar-refractivity contribution in [1.82, 2.24) is 4.90 Å². The molecular formula is C17H18N2OS. The molecule has 21 heavy (non-hydrogen) atoms. The first kappa shape index (κ1) is 15.3. The van der Waals surface area contributed by atoms with Crippen LogP contribution < -0.4 is 5.73 Å². The highest BCUT2D eigenvalue weighted by Gasteiger charge is 2.16. The van der Waals surface area contributed by atoms with Gasteiger partial charge >= 0.3 is 0 Å². The predicted octanol–water partition coefficient (Wildman–Crippen LogP) is 2.37. The number of nitrogens with two attached hydrogens (primary N) is 1. The zero-order valence-corrected chi connectivity index (χ0v) is 12.8. The Morgan fingerprint density at radius 3 is 2.76 bits per heavy atom. The number of thiophene rings is 1. The Morgan fingerprint density at radius 1 is 1.29 bits per heavy atom. The summed E-state index contributed by atoms with van der Waals surface area (Å²) in [5.74, 6) is 5.76. The molecule has 0 atom stereocenters. The van der Waals surface area contributed by atoms with Crippen molar-refractivity contribution in [3.8, 4) is 11.8 Å². The van der Waals surface area contributed by atoms with Crippen LogP contribution in [0.3, 0.4) is 0 Å². The quantitative estimate of drug-likeness (QED) is 0.881. The fourth-order valence-corrected chi connectivity index (χ4v) is 2.78. The molecule has 0 aliphatic rings. The molecule has 0 spiro atoms. The summed E-state index contributed by atoms with van der Waals surface area (Å²) in [6.45, 7) is 0.984. The summed E-state index contributed by atoms with van der Waals surface area (Å²) in [7, 11) is 1.82. The second-order valence-electron chi connectivity index (χ2n) is 4.63. The summed E-state index contributed by atoms with van der Waals surface area (Å²) in [4.78, 5) is 14.9. The van der Waals surface area contributed by atoms with Gasteiger partial charge in [0.25, 0.3) is 5.91 Å². The van der Waals surface area contributed by atoms with E-state index in [-0.39, 0.29) is 5.91 Å². The Bertz CT molecular complexity index is 652. The third-order valence-electron chi connectivity index (χ3n) is 3.11. The molecular weight excluding hydrogens is 280 g/mol. The van der Waals surface area contributed by atoms with Crippen LogP contribution in [0, 0.1) is 11.8 Å². The number of nitrogens with zero attached hydrogens (tertiary/aromatic N) is 1. The van der Waals surface area contributed by atoms with E-state index in [1.54, 1.807) is 4.90 Å². The molecule has 0 bridgehead atoms. The van der Waals surface area contributed by atoms with Crippen LogP contribution >= 0.6 is 11.3 Å². The van der Waals surface area contributed by atoms with Gasteiger partial charge in [0.2, 0.25) is 0 Å². The first-order valence-electron chi connectivity index (χ1n) is 6.78. The molecule has 0 aliphatic heterocycles. The van der Waals surface area contributed by atoms with Gasteiger partial charge in [-0.3, -0.25) is 4.79 Å². The maximum atomic E-state index is 12.4. The number of carbonyl (C=O) groups excluding carboxylic acids is 1. The average molecular weight is 298 g/mol. The smallest absolute Gasteiger partial charge is 0.264 e. The van der Waals surface area contributed by atoms with Crippen LogP contribution in [0.25, 0.3) is 0 Å². The fraction of sp³-hybridized carbons (Fsp3) is 0.235. The highest BCUT2D eigenvalue weighted by Crippen LogP contribution is 2.18. The van der Waals surface area contributed by atoms with Crippen molar-refractivity contribution in [1.29, 1.82) is 0 Å². The second kappa shape index (κ2) is 7.63. The number of amides is 1. The Kier molecular flexibility index (Phi) is 5.56. The van der Waals surface area contributed by atoms with Crippen molar-refractivity contribution in [3.05, 3.63) is 57.8 Å². The molecule has 108 valence electrons. The van der Waals surface area contributed by atoms with Crippen LogP contribution in [0.4, 0.5) is 0 Å². The Labute approximate surface area is 129 Å². The average Bonchev–Trinajstić information content (AvgIpc) is 2.99. The van der Waals surface area contributed by atoms with E-state index < -0.39 is 0 Å². The number of likely N-dealkylation sites (N-methyl/N-ethyl adjacent to an activating group) is 1. The molecule has 0 saturated carbocycles. The van der Waals surface area contributed by atoms with Crippen LogP contribution in [0.1, 0.15) is 20.8 Å². The molecule has 2 rings (SSSR count). The highest BCUT2D eigenvalue weighted by atomic mass is 32.1. The van der Waals surface area contributed by atoms with Crippen molar-refractivity contribution < 1.29 is 4.79 Å². The first-order chi connectivity index (χ1) is 10.2. The summed E-state index contributed by atoms with van der Waals surface area (Å²) in [5, 5.41) is 1.89. The zero-order valence-electron chi connectivity index (χ0n) is 12.0. The molecule has 0 radical (unpaired) electrons. The first-order valence-corrected chi connectivity index (χ1v) is 7.66. The molecule has 0 aliphatic carbocycles. The summed E-state index contributed by atoms with van der Waals surface area (Å²) in [5.41, 5.74) is 7.37. The molecule has 1 aromatic heterocycles. The van der Waals surface area contributed by atoms with E-state index in [0.717, 1.165) is 12.0 Å². The summed E-state index contributed by atoms with van der Waals surface area (Å²) >= 11 is 1.42. The van der Waals surface area contributed by atoms with Crippen LogP contribution in [0.2, 0.25) is 0 Å². The van der Waals surface area contributed by atoms with E-state index in [2.05, 4.69) is 24.0 Å². The summed E-state index contributed by atoms with van der Waals surface area (Å²) in [6.07, 6.45) is 0.846. The van der Waals surface area contributed by atoms with E-state index in [9.17, 15) is 4.79 Å². The third-order valence-corrected chi connectivity index (χ3v) is 4.01. The van der Waals surface area contributed by atoms with E-state index in [1.807, 2.05) is 36.7 Å². The van der Waals surface area contributed by atoms with Gasteiger partial charge in [-0.15, -0.1) is 11.3 Å². The maximum absolute atomic E-state index is 12.4. The molecule has 2 aromatic rings. The van der Waals surface area contributed by atoms with Crippen molar-refractivity contribution in [3.63, 3.8) is 0 Å². The minimum absolute atomic E-state index is 0.0160. The van der Waals surface area contributed by atoms with Gasteiger partial charge in [0, 0.05) is 19.2 Å². The molecule has 1 amide bonds. The predicted molar refractivity (Wildman–Crippen MR) is 87.4 cm³/mol. The zero-order chi connectivity index (χ0) is 15.1. The molecule has 2 N–H and O–H groups in total. The van der Waals surface area contributed by atoms with Crippen molar-refractivity contribution in [2.24, 2.45) is 5.73 Å². The SMILES string of the molecule is CN(CCc1ccccc1)C(=O)c1sccc1C#CCN. The van der Waals surface area contributed by atoms with E-state index in [0.29, 0.717) is 18.0 Å². The third kappa shape index (κ3) is 4.19. The molecule has 4 heteroatoms. The molecule has 3 nitrogen and oxygen atoms in total. The van der Waals surface area contributed by atoms with E-state index in [1.165, 1.54) is 16.9 Å². The summed E-state index contributed by atoms with van der Waals surface area (Å²) in [6, 6.07) is 12.0. The van der Waals surface area contributed by atoms with Crippen LogP contribution in [-0.2, 0) is 6.42 Å². The van der Waals surface area contributed by atoms with Gasteiger partial charge in [0.1, 0.15) is 4.88 Å².